The largest absolute Gasteiger partial charge is 0.468 e. The molecule has 0 radical (unpaired) electrons. The molecule has 4 unspecified atom stereocenters. The summed E-state index contributed by atoms with van der Waals surface area (Å²) in [5.74, 6) is -5.35. The lowest BCUT2D eigenvalue weighted by atomic mass is 9.73. The third-order valence-electron chi connectivity index (χ3n) is 5.92. The fourth-order valence-corrected chi connectivity index (χ4v) is 4.33. The molecule has 0 N–H and O–H groups in total. The zero-order valence-electron chi connectivity index (χ0n) is 18.4. The molecule has 12 heteroatoms. The van der Waals surface area contributed by atoms with Crippen LogP contribution >= 0.6 is 0 Å². The van der Waals surface area contributed by atoms with Crippen LogP contribution in [0.15, 0.2) is 48.5 Å². The Hall–Kier alpha value is -4.19. The van der Waals surface area contributed by atoms with Crippen molar-refractivity contribution < 1.29 is 33.7 Å². The van der Waals surface area contributed by atoms with Crippen molar-refractivity contribution in [2.45, 2.75) is 12.1 Å². The lowest BCUT2D eigenvalue weighted by Crippen LogP contribution is -2.54. The summed E-state index contributed by atoms with van der Waals surface area (Å²) < 4.78 is 9.69. The van der Waals surface area contributed by atoms with Gasteiger partial charge in [-0.3, -0.25) is 39.5 Å². The van der Waals surface area contributed by atoms with Crippen LogP contribution in [0.2, 0.25) is 0 Å². The van der Waals surface area contributed by atoms with Gasteiger partial charge in [0, 0.05) is 24.3 Å². The molecule has 12 nitrogen and oxygen atoms in total. The third-order valence-corrected chi connectivity index (χ3v) is 5.92. The molecule has 1 heterocycles. The molecule has 178 valence electrons. The molecule has 1 fully saturated rings. The van der Waals surface area contributed by atoms with Gasteiger partial charge in [0.05, 0.1) is 36.1 Å². The van der Waals surface area contributed by atoms with Crippen LogP contribution < -0.4 is 0 Å². The normalized spacial score (nSPS) is 22.6. The highest BCUT2D eigenvalue weighted by Gasteiger charge is 2.54. The Kier molecular flexibility index (Phi) is 7.01. The maximum Gasteiger partial charge on any atom is 0.318 e. The molecule has 3 rings (SSSR count). The Balaban J connectivity index is 2.18. The number of carbonyl (C=O) groups is 3. The van der Waals surface area contributed by atoms with Crippen LogP contribution in [0.1, 0.15) is 23.2 Å². The number of Topliss-reactive ketones (excluding diaryl/α,β-unsaturated/α-hetero) is 1. The Labute approximate surface area is 193 Å². The summed E-state index contributed by atoms with van der Waals surface area (Å²) in [7, 11) is 3.80. The van der Waals surface area contributed by atoms with E-state index in [4.69, 9.17) is 9.47 Å². The van der Waals surface area contributed by atoms with Gasteiger partial charge in [0.15, 0.2) is 5.78 Å². The average molecular weight is 471 g/mol. The van der Waals surface area contributed by atoms with E-state index in [1.54, 1.807) is 11.9 Å². The molecule has 0 aliphatic carbocycles. The van der Waals surface area contributed by atoms with E-state index >= 15 is 0 Å². The topological polar surface area (TPSA) is 159 Å². The number of likely N-dealkylation sites (tertiary alicyclic amines) is 1. The number of esters is 2. The molecule has 1 aliphatic rings. The van der Waals surface area contributed by atoms with E-state index in [1.807, 2.05) is 0 Å². The second-order valence-corrected chi connectivity index (χ2v) is 7.66. The number of ketones is 1. The van der Waals surface area contributed by atoms with Crippen molar-refractivity contribution in [1.82, 2.24) is 4.90 Å². The second kappa shape index (κ2) is 9.75. The molecule has 4 atom stereocenters. The number of piperidine rings is 1. The average Bonchev–Trinajstić information content (AvgIpc) is 2.83. The predicted molar refractivity (Wildman–Crippen MR) is 115 cm³/mol. The summed E-state index contributed by atoms with van der Waals surface area (Å²) >= 11 is 0. The van der Waals surface area contributed by atoms with Crippen LogP contribution in [0.25, 0.3) is 0 Å². The number of benzene rings is 2. The highest BCUT2D eigenvalue weighted by molar-refractivity contribution is 6.10. The van der Waals surface area contributed by atoms with Crippen molar-refractivity contribution in [2.24, 2.45) is 11.8 Å². The zero-order valence-corrected chi connectivity index (χ0v) is 18.4. The standard InChI is InChI=1S/C22H21N3O9/c1-23-18(12-4-8-14(9-5-12)24(29)30)16(21(27)33-2)20(26)17(22(28)34-3)19(23)13-6-10-15(11-7-13)25(31)32/h4-11,16-19H,1-3H3. The molecular formula is C22H21N3O9. The van der Waals surface area contributed by atoms with E-state index in [0.717, 1.165) is 14.2 Å². The van der Waals surface area contributed by atoms with Crippen LogP contribution in [0, 0.1) is 32.1 Å². The van der Waals surface area contributed by atoms with E-state index in [9.17, 15) is 34.6 Å². The van der Waals surface area contributed by atoms with Gasteiger partial charge in [0.1, 0.15) is 11.8 Å². The molecular weight excluding hydrogens is 450 g/mol. The van der Waals surface area contributed by atoms with Gasteiger partial charge in [-0.15, -0.1) is 0 Å². The number of hydrogen-bond donors (Lipinski definition) is 0. The van der Waals surface area contributed by atoms with Gasteiger partial charge in [-0.2, -0.15) is 0 Å². The third kappa shape index (κ3) is 4.35. The van der Waals surface area contributed by atoms with Crippen molar-refractivity contribution in [1.29, 1.82) is 0 Å². The minimum Gasteiger partial charge on any atom is -0.468 e. The van der Waals surface area contributed by atoms with Crippen LogP contribution in [0.5, 0.6) is 0 Å². The maximum atomic E-state index is 13.5. The van der Waals surface area contributed by atoms with Gasteiger partial charge in [0.25, 0.3) is 11.4 Å². The maximum absolute atomic E-state index is 13.5. The SMILES string of the molecule is COC(=O)C1C(=O)C(C(=O)OC)C(c2ccc([N+](=O)[O-])cc2)N(C)C1c1ccc([N+](=O)[O-])cc1. The minimum atomic E-state index is -1.42. The molecule has 2 aromatic rings. The number of methoxy groups -OCH3 is 2. The van der Waals surface area contributed by atoms with E-state index in [2.05, 4.69) is 0 Å². The van der Waals surface area contributed by atoms with E-state index in [0.29, 0.717) is 11.1 Å². The van der Waals surface area contributed by atoms with Gasteiger partial charge >= 0.3 is 11.9 Å². The van der Waals surface area contributed by atoms with Crippen LogP contribution in [0.4, 0.5) is 11.4 Å². The van der Waals surface area contributed by atoms with Gasteiger partial charge in [-0.1, -0.05) is 24.3 Å². The number of carbonyl (C=O) groups excluding carboxylic acids is 3. The summed E-state index contributed by atoms with van der Waals surface area (Å²) in [6, 6.07) is 8.79. The highest BCUT2D eigenvalue weighted by atomic mass is 16.6. The van der Waals surface area contributed by atoms with Crippen molar-refractivity contribution >= 4 is 29.1 Å². The summed E-state index contributed by atoms with van der Waals surface area (Å²) in [4.78, 5) is 61.5. The number of non-ortho nitro benzene ring substituents is 2. The fourth-order valence-electron chi connectivity index (χ4n) is 4.33. The first kappa shape index (κ1) is 24.5. The molecule has 0 saturated carbocycles. The summed E-state index contributed by atoms with van der Waals surface area (Å²) in [5, 5.41) is 22.1. The number of nitro groups is 2. The zero-order chi connectivity index (χ0) is 25.2. The Morgan fingerprint density at radius 2 is 1.09 bits per heavy atom. The Bertz CT molecular complexity index is 1040. The number of hydrogen-bond acceptors (Lipinski definition) is 10. The monoisotopic (exact) mass is 471 g/mol. The van der Waals surface area contributed by atoms with E-state index in [1.165, 1.54) is 48.5 Å². The molecule has 2 aromatic carbocycles. The summed E-state index contributed by atoms with van der Waals surface area (Å²) in [6.45, 7) is 0. The first-order valence-corrected chi connectivity index (χ1v) is 10.0. The smallest absolute Gasteiger partial charge is 0.318 e. The Morgan fingerprint density at radius 1 is 0.765 bits per heavy atom. The first-order valence-electron chi connectivity index (χ1n) is 10.0. The van der Waals surface area contributed by atoms with Crippen LogP contribution in [0.3, 0.4) is 0 Å². The van der Waals surface area contributed by atoms with Crippen molar-refractivity contribution in [3.05, 3.63) is 79.9 Å². The molecule has 0 amide bonds. The first-order chi connectivity index (χ1) is 16.1. The second-order valence-electron chi connectivity index (χ2n) is 7.66. The lowest BCUT2D eigenvalue weighted by molar-refractivity contribution is -0.385. The van der Waals surface area contributed by atoms with Crippen LogP contribution in [-0.2, 0) is 23.9 Å². The fraction of sp³-hybridized carbons (Fsp3) is 0.318. The number of rotatable bonds is 6. The molecule has 1 aliphatic heterocycles. The van der Waals surface area contributed by atoms with E-state index in [-0.39, 0.29) is 11.4 Å². The predicted octanol–water partition coefficient (Wildman–Crippen LogP) is 2.38. The Morgan fingerprint density at radius 3 is 1.35 bits per heavy atom. The number of ether oxygens (including phenoxy) is 2. The van der Waals surface area contributed by atoms with Gasteiger partial charge in [0.2, 0.25) is 0 Å². The molecule has 1 saturated heterocycles. The van der Waals surface area contributed by atoms with E-state index < -0.39 is 51.5 Å². The summed E-state index contributed by atoms with van der Waals surface area (Å²) in [6.07, 6.45) is 0. The van der Waals surface area contributed by atoms with Gasteiger partial charge < -0.3 is 9.47 Å². The molecule has 0 aromatic heterocycles. The quantitative estimate of drug-likeness (QED) is 0.265. The van der Waals surface area contributed by atoms with Crippen molar-refractivity contribution in [3.63, 3.8) is 0 Å². The molecule has 0 spiro atoms. The number of nitro benzene ring substituents is 2. The van der Waals surface area contributed by atoms with Gasteiger partial charge in [-0.05, 0) is 18.2 Å². The number of nitrogens with zero attached hydrogens (tertiary/aromatic N) is 3. The van der Waals surface area contributed by atoms with Gasteiger partial charge in [-0.25, -0.2) is 0 Å². The van der Waals surface area contributed by atoms with Crippen LogP contribution in [-0.4, -0.2) is 53.7 Å². The highest BCUT2D eigenvalue weighted by Crippen LogP contribution is 2.46. The molecule has 0 bridgehead atoms. The van der Waals surface area contributed by atoms with Crippen molar-refractivity contribution in [2.75, 3.05) is 21.3 Å². The molecule has 34 heavy (non-hydrogen) atoms. The minimum absolute atomic E-state index is 0.178. The van der Waals surface area contributed by atoms with Crippen molar-refractivity contribution in [3.8, 4) is 0 Å². The summed E-state index contributed by atoms with van der Waals surface area (Å²) in [5.41, 5.74) is 0.462. The lowest BCUT2D eigenvalue weighted by Gasteiger charge is -2.45.